The molecule has 0 bridgehead atoms. The van der Waals surface area contributed by atoms with Gasteiger partial charge in [-0.05, 0) is 29.8 Å². The van der Waals surface area contributed by atoms with Crippen molar-refractivity contribution in [3.8, 4) is 17.5 Å². The van der Waals surface area contributed by atoms with Crippen molar-refractivity contribution in [2.75, 3.05) is 7.11 Å². The molecule has 3 rings (SSSR count). The second kappa shape index (κ2) is 8.19. The number of hydrogen-bond donors (Lipinski definition) is 1. The van der Waals surface area contributed by atoms with Gasteiger partial charge in [-0.25, -0.2) is 9.18 Å². The topological polar surface area (TPSA) is 105 Å². The Morgan fingerprint density at radius 1 is 1.21 bits per heavy atom. The first-order valence-electron chi connectivity index (χ1n) is 8.34. The van der Waals surface area contributed by atoms with E-state index in [2.05, 4.69) is 5.10 Å². The summed E-state index contributed by atoms with van der Waals surface area (Å²) >= 11 is 0. The van der Waals surface area contributed by atoms with Gasteiger partial charge in [0.15, 0.2) is 5.69 Å². The molecule has 1 aromatic heterocycles. The van der Waals surface area contributed by atoms with E-state index in [1.165, 1.54) is 49.6 Å². The summed E-state index contributed by atoms with van der Waals surface area (Å²) in [7, 11) is 1.40. The van der Waals surface area contributed by atoms with Crippen molar-refractivity contribution < 1.29 is 19.0 Å². The third-order valence-corrected chi connectivity index (χ3v) is 4.07. The third-order valence-electron chi connectivity index (χ3n) is 4.07. The number of carboxylic acid groups (broad SMARTS) is 1. The van der Waals surface area contributed by atoms with E-state index in [0.717, 1.165) is 4.68 Å². The van der Waals surface area contributed by atoms with E-state index in [1.807, 2.05) is 0 Å². The highest BCUT2D eigenvalue weighted by atomic mass is 19.1. The minimum Gasteiger partial charge on any atom is -0.494 e. The normalized spacial score (nSPS) is 10.7. The molecule has 0 aliphatic heterocycles. The molecule has 0 amide bonds. The quantitative estimate of drug-likeness (QED) is 0.716. The van der Waals surface area contributed by atoms with Crippen LogP contribution in [0.25, 0.3) is 17.8 Å². The Morgan fingerprint density at radius 3 is 2.52 bits per heavy atom. The van der Waals surface area contributed by atoms with Crippen LogP contribution < -0.4 is 10.3 Å². The van der Waals surface area contributed by atoms with E-state index in [0.29, 0.717) is 5.56 Å². The van der Waals surface area contributed by atoms with Gasteiger partial charge in [0.25, 0.3) is 5.56 Å². The summed E-state index contributed by atoms with van der Waals surface area (Å²) in [5.74, 6) is -1.55. The minimum absolute atomic E-state index is 0.138. The predicted octanol–water partition coefficient (Wildman–Crippen LogP) is 3.12. The van der Waals surface area contributed by atoms with Crippen LogP contribution >= 0.6 is 0 Å². The SMILES string of the molecule is COc1ccccc1-n1nc(C(=O)O)c(/C=C\c2ccc(F)cc2)c(C#N)c1=O. The first kappa shape index (κ1) is 19.5. The summed E-state index contributed by atoms with van der Waals surface area (Å²) in [5, 5.41) is 23.1. The fourth-order valence-electron chi connectivity index (χ4n) is 2.69. The number of hydrogen-bond acceptors (Lipinski definition) is 5. The smallest absolute Gasteiger partial charge is 0.357 e. The van der Waals surface area contributed by atoms with Crippen LogP contribution in [0.5, 0.6) is 5.75 Å². The molecule has 7 nitrogen and oxygen atoms in total. The molecule has 2 aromatic carbocycles. The number of para-hydroxylation sites is 2. The molecule has 0 atom stereocenters. The minimum atomic E-state index is -1.41. The summed E-state index contributed by atoms with van der Waals surface area (Å²) in [5.41, 5.74) is -1.04. The predicted molar refractivity (Wildman–Crippen MR) is 103 cm³/mol. The van der Waals surface area contributed by atoms with Crippen molar-refractivity contribution in [3.63, 3.8) is 0 Å². The van der Waals surface area contributed by atoms with Crippen LogP contribution in [0.15, 0.2) is 53.3 Å². The molecule has 0 saturated heterocycles. The molecule has 8 heteroatoms. The fraction of sp³-hybridized carbons (Fsp3) is 0.0476. The average molecular weight is 391 g/mol. The second-order valence-corrected chi connectivity index (χ2v) is 5.83. The maximum Gasteiger partial charge on any atom is 0.357 e. The van der Waals surface area contributed by atoms with Crippen molar-refractivity contribution in [3.05, 3.63) is 87.1 Å². The molecule has 1 heterocycles. The fourth-order valence-corrected chi connectivity index (χ4v) is 2.69. The zero-order chi connectivity index (χ0) is 21.0. The van der Waals surface area contributed by atoms with E-state index < -0.39 is 23.0 Å². The molecule has 0 saturated carbocycles. The van der Waals surface area contributed by atoms with Gasteiger partial charge in [-0.15, -0.1) is 0 Å². The lowest BCUT2D eigenvalue weighted by molar-refractivity contribution is 0.0688. The number of nitrogens with zero attached hydrogens (tertiary/aromatic N) is 3. The number of aromatic nitrogens is 2. The number of nitriles is 1. The Labute approximate surface area is 164 Å². The number of halogens is 1. The largest absolute Gasteiger partial charge is 0.494 e. The Morgan fingerprint density at radius 2 is 1.90 bits per heavy atom. The lowest BCUT2D eigenvalue weighted by Gasteiger charge is -2.12. The van der Waals surface area contributed by atoms with Crippen LogP contribution in [0.3, 0.4) is 0 Å². The van der Waals surface area contributed by atoms with Crippen molar-refractivity contribution in [1.82, 2.24) is 9.78 Å². The molecule has 144 valence electrons. The van der Waals surface area contributed by atoms with Gasteiger partial charge in [-0.3, -0.25) is 4.79 Å². The van der Waals surface area contributed by atoms with E-state index in [4.69, 9.17) is 4.74 Å². The van der Waals surface area contributed by atoms with Gasteiger partial charge in [0.2, 0.25) is 0 Å². The maximum atomic E-state index is 13.0. The molecule has 0 unspecified atom stereocenters. The van der Waals surface area contributed by atoms with Gasteiger partial charge in [-0.1, -0.05) is 36.4 Å². The molecule has 0 radical (unpaired) electrons. The number of benzene rings is 2. The van der Waals surface area contributed by atoms with E-state index in [-0.39, 0.29) is 22.6 Å². The Hall–Kier alpha value is -4.25. The molecule has 0 aliphatic rings. The van der Waals surface area contributed by atoms with Crippen LogP contribution in [-0.2, 0) is 0 Å². The van der Waals surface area contributed by atoms with Crippen LogP contribution in [0.4, 0.5) is 4.39 Å². The highest BCUT2D eigenvalue weighted by Crippen LogP contribution is 2.22. The highest BCUT2D eigenvalue weighted by Gasteiger charge is 2.22. The Kier molecular flexibility index (Phi) is 5.51. The summed E-state index contributed by atoms with van der Waals surface area (Å²) < 4.78 is 19.1. The molecule has 1 N–H and O–H groups in total. The summed E-state index contributed by atoms with van der Waals surface area (Å²) in [6.45, 7) is 0. The summed E-state index contributed by atoms with van der Waals surface area (Å²) in [6.07, 6.45) is 2.77. The van der Waals surface area contributed by atoms with Crippen LogP contribution in [0, 0.1) is 17.1 Å². The maximum absolute atomic E-state index is 13.0. The summed E-state index contributed by atoms with van der Waals surface area (Å²) in [4.78, 5) is 24.7. The number of carbonyl (C=O) groups is 1. The second-order valence-electron chi connectivity index (χ2n) is 5.83. The van der Waals surface area contributed by atoms with Crippen molar-refractivity contribution >= 4 is 18.1 Å². The first-order chi connectivity index (χ1) is 14.0. The monoisotopic (exact) mass is 391 g/mol. The molecule has 3 aromatic rings. The van der Waals surface area contributed by atoms with Crippen molar-refractivity contribution in [1.29, 1.82) is 5.26 Å². The lowest BCUT2D eigenvalue weighted by Crippen LogP contribution is -2.28. The number of carboxylic acids is 1. The zero-order valence-corrected chi connectivity index (χ0v) is 15.2. The molecule has 0 fully saturated rings. The Balaban J connectivity index is 2.24. The van der Waals surface area contributed by atoms with E-state index in [9.17, 15) is 24.3 Å². The molecule has 29 heavy (non-hydrogen) atoms. The van der Waals surface area contributed by atoms with E-state index in [1.54, 1.807) is 24.3 Å². The average Bonchev–Trinajstić information content (AvgIpc) is 2.73. The Bertz CT molecular complexity index is 1210. The van der Waals surface area contributed by atoms with E-state index >= 15 is 0 Å². The van der Waals surface area contributed by atoms with Gasteiger partial charge in [0, 0.05) is 5.56 Å². The first-order valence-corrected chi connectivity index (χ1v) is 8.34. The van der Waals surface area contributed by atoms with Gasteiger partial charge in [0.05, 0.1) is 7.11 Å². The molecule has 0 spiro atoms. The van der Waals surface area contributed by atoms with Crippen LogP contribution in [0.1, 0.15) is 27.2 Å². The standard InChI is InChI=1S/C21H14FN3O4/c1-29-18-5-3-2-4-17(18)25-20(26)16(12-23)15(19(24-25)21(27)28)11-8-13-6-9-14(22)10-7-13/h2-11H,1H3,(H,27,28)/b11-8-. The zero-order valence-electron chi connectivity index (χ0n) is 15.2. The van der Waals surface area contributed by atoms with Gasteiger partial charge >= 0.3 is 5.97 Å². The number of rotatable bonds is 5. The van der Waals surface area contributed by atoms with Crippen molar-refractivity contribution in [2.24, 2.45) is 0 Å². The van der Waals surface area contributed by atoms with Crippen LogP contribution in [0.2, 0.25) is 0 Å². The molecular formula is C21H14FN3O4. The third kappa shape index (κ3) is 3.89. The number of ether oxygens (including phenoxy) is 1. The number of methoxy groups -OCH3 is 1. The lowest BCUT2D eigenvalue weighted by atomic mass is 10.1. The summed E-state index contributed by atoms with van der Waals surface area (Å²) in [6, 6.07) is 13.6. The van der Waals surface area contributed by atoms with Gasteiger partial charge in [0.1, 0.15) is 28.9 Å². The van der Waals surface area contributed by atoms with Crippen LogP contribution in [-0.4, -0.2) is 28.0 Å². The van der Waals surface area contributed by atoms with Gasteiger partial charge < -0.3 is 9.84 Å². The number of aromatic carboxylic acids is 1. The molecule has 0 aliphatic carbocycles. The van der Waals surface area contributed by atoms with Gasteiger partial charge in [-0.2, -0.15) is 15.0 Å². The van der Waals surface area contributed by atoms with Crippen molar-refractivity contribution in [2.45, 2.75) is 0 Å². The molecular weight excluding hydrogens is 377 g/mol. The highest BCUT2D eigenvalue weighted by molar-refractivity contribution is 5.92.